The zero-order valence-corrected chi connectivity index (χ0v) is 11.3. The largest absolute Gasteiger partial charge is 0.414 e. The number of hydrogen-bond acceptors (Lipinski definition) is 3. The third kappa shape index (κ3) is 5.10. The third-order valence-corrected chi connectivity index (χ3v) is 7.25. The SMILES string of the molecule is CC(O)OCCO[Si](C)(C)C(C)(C)C. The summed E-state index contributed by atoms with van der Waals surface area (Å²) < 4.78 is 10.8. The van der Waals surface area contributed by atoms with E-state index in [-0.39, 0.29) is 5.04 Å². The maximum atomic E-state index is 8.88. The standard InChI is InChI=1S/C10H24O3Si/c1-9(11)12-7-8-13-14(5,6)10(2,3)4/h9,11H,7-8H2,1-6H3. The van der Waals surface area contributed by atoms with Crippen LogP contribution in [0.1, 0.15) is 27.7 Å². The van der Waals surface area contributed by atoms with E-state index in [4.69, 9.17) is 14.3 Å². The number of aliphatic hydroxyl groups excluding tert-OH is 1. The van der Waals surface area contributed by atoms with E-state index in [0.717, 1.165) is 0 Å². The first-order valence-corrected chi connectivity index (χ1v) is 8.01. The van der Waals surface area contributed by atoms with E-state index < -0.39 is 14.6 Å². The molecule has 86 valence electrons. The molecule has 1 N–H and O–H groups in total. The van der Waals surface area contributed by atoms with Crippen LogP contribution in [0.2, 0.25) is 18.1 Å². The van der Waals surface area contributed by atoms with Gasteiger partial charge in [0.25, 0.3) is 0 Å². The van der Waals surface area contributed by atoms with Crippen LogP contribution < -0.4 is 0 Å². The second-order valence-corrected chi connectivity index (χ2v) is 9.89. The predicted molar refractivity (Wildman–Crippen MR) is 60.8 cm³/mol. The minimum atomic E-state index is -1.64. The highest BCUT2D eigenvalue weighted by molar-refractivity contribution is 6.74. The van der Waals surface area contributed by atoms with Gasteiger partial charge in [0.1, 0.15) is 0 Å². The quantitative estimate of drug-likeness (QED) is 0.439. The highest BCUT2D eigenvalue weighted by Gasteiger charge is 2.36. The maximum Gasteiger partial charge on any atom is 0.192 e. The zero-order chi connectivity index (χ0) is 11.4. The van der Waals surface area contributed by atoms with Crippen molar-refractivity contribution >= 4 is 8.32 Å². The molecule has 0 fully saturated rings. The van der Waals surface area contributed by atoms with E-state index in [1.165, 1.54) is 0 Å². The van der Waals surface area contributed by atoms with Crippen molar-refractivity contribution in [1.82, 2.24) is 0 Å². The molecule has 0 radical (unpaired) electrons. The van der Waals surface area contributed by atoms with Gasteiger partial charge in [0.05, 0.1) is 13.2 Å². The van der Waals surface area contributed by atoms with Crippen molar-refractivity contribution in [2.75, 3.05) is 13.2 Å². The molecule has 0 saturated heterocycles. The molecule has 0 rings (SSSR count). The van der Waals surface area contributed by atoms with Crippen LogP contribution in [0.15, 0.2) is 0 Å². The highest BCUT2D eigenvalue weighted by atomic mass is 28.4. The monoisotopic (exact) mass is 220 g/mol. The Hall–Kier alpha value is 0.0969. The average Bonchev–Trinajstić information content (AvgIpc) is 1.95. The van der Waals surface area contributed by atoms with Gasteiger partial charge in [-0.2, -0.15) is 0 Å². The summed E-state index contributed by atoms with van der Waals surface area (Å²) >= 11 is 0. The molecule has 0 heterocycles. The molecule has 0 aliphatic rings. The van der Waals surface area contributed by atoms with Gasteiger partial charge in [-0.15, -0.1) is 0 Å². The lowest BCUT2D eigenvalue weighted by molar-refractivity contribution is -0.0921. The van der Waals surface area contributed by atoms with E-state index in [1.54, 1.807) is 6.92 Å². The fourth-order valence-electron chi connectivity index (χ4n) is 0.732. The highest BCUT2D eigenvalue weighted by Crippen LogP contribution is 2.36. The van der Waals surface area contributed by atoms with Crippen molar-refractivity contribution in [2.45, 2.75) is 52.1 Å². The summed E-state index contributed by atoms with van der Waals surface area (Å²) in [4.78, 5) is 0. The second kappa shape index (κ2) is 5.26. The zero-order valence-electron chi connectivity index (χ0n) is 10.3. The second-order valence-electron chi connectivity index (χ2n) is 5.08. The van der Waals surface area contributed by atoms with Gasteiger partial charge < -0.3 is 14.3 Å². The van der Waals surface area contributed by atoms with Crippen molar-refractivity contribution in [1.29, 1.82) is 0 Å². The van der Waals surface area contributed by atoms with E-state index in [2.05, 4.69) is 33.9 Å². The minimum Gasteiger partial charge on any atom is -0.414 e. The molecule has 1 unspecified atom stereocenters. The van der Waals surface area contributed by atoms with E-state index in [0.29, 0.717) is 13.2 Å². The molecule has 0 aromatic heterocycles. The first-order valence-electron chi connectivity index (χ1n) is 5.10. The fourth-order valence-corrected chi connectivity index (χ4v) is 1.76. The van der Waals surface area contributed by atoms with Crippen LogP contribution in [0.25, 0.3) is 0 Å². The molecule has 0 aromatic carbocycles. The van der Waals surface area contributed by atoms with Crippen LogP contribution in [-0.4, -0.2) is 32.9 Å². The van der Waals surface area contributed by atoms with Crippen molar-refractivity contribution in [3.8, 4) is 0 Å². The van der Waals surface area contributed by atoms with Crippen molar-refractivity contribution in [3.63, 3.8) is 0 Å². The Bertz CT molecular complexity index is 161. The summed E-state index contributed by atoms with van der Waals surface area (Å²) in [6, 6.07) is 0. The van der Waals surface area contributed by atoms with Crippen molar-refractivity contribution < 1.29 is 14.3 Å². The molecular formula is C10H24O3Si. The number of hydrogen-bond donors (Lipinski definition) is 1. The number of aliphatic hydroxyl groups is 1. The van der Waals surface area contributed by atoms with Crippen LogP contribution in [-0.2, 0) is 9.16 Å². The molecule has 0 amide bonds. The van der Waals surface area contributed by atoms with E-state index in [9.17, 15) is 0 Å². The lowest BCUT2D eigenvalue weighted by Gasteiger charge is -2.36. The Balaban J connectivity index is 3.78. The topological polar surface area (TPSA) is 38.7 Å². The van der Waals surface area contributed by atoms with Gasteiger partial charge in [-0.3, -0.25) is 0 Å². The summed E-state index contributed by atoms with van der Waals surface area (Å²) in [6.45, 7) is 13.7. The fraction of sp³-hybridized carbons (Fsp3) is 1.00. The van der Waals surface area contributed by atoms with Crippen LogP contribution in [0.5, 0.6) is 0 Å². The lowest BCUT2D eigenvalue weighted by atomic mass is 10.2. The summed E-state index contributed by atoms with van der Waals surface area (Å²) in [5.74, 6) is 0. The van der Waals surface area contributed by atoms with Gasteiger partial charge in [0.2, 0.25) is 0 Å². The molecule has 0 aromatic rings. The van der Waals surface area contributed by atoms with Gasteiger partial charge in [0.15, 0.2) is 14.6 Å². The number of rotatable bonds is 5. The lowest BCUT2D eigenvalue weighted by Crippen LogP contribution is -2.41. The normalized spacial score (nSPS) is 15.6. The van der Waals surface area contributed by atoms with Crippen LogP contribution >= 0.6 is 0 Å². The first kappa shape index (κ1) is 14.1. The van der Waals surface area contributed by atoms with Crippen molar-refractivity contribution in [2.24, 2.45) is 0 Å². The molecule has 0 aliphatic heterocycles. The molecule has 4 heteroatoms. The average molecular weight is 220 g/mol. The van der Waals surface area contributed by atoms with Crippen LogP contribution in [0.3, 0.4) is 0 Å². The minimum absolute atomic E-state index is 0.234. The first-order chi connectivity index (χ1) is 6.17. The van der Waals surface area contributed by atoms with E-state index >= 15 is 0 Å². The van der Waals surface area contributed by atoms with Crippen LogP contribution in [0.4, 0.5) is 0 Å². The summed E-state index contributed by atoms with van der Waals surface area (Å²) in [7, 11) is -1.64. The molecular weight excluding hydrogens is 196 g/mol. The molecule has 14 heavy (non-hydrogen) atoms. The third-order valence-electron chi connectivity index (χ3n) is 2.71. The van der Waals surface area contributed by atoms with Crippen molar-refractivity contribution in [3.05, 3.63) is 0 Å². The van der Waals surface area contributed by atoms with Gasteiger partial charge >= 0.3 is 0 Å². The number of ether oxygens (including phenoxy) is 1. The maximum absolute atomic E-state index is 8.88. The smallest absolute Gasteiger partial charge is 0.192 e. The Morgan fingerprint density at radius 2 is 1.71 bits per heavy atom. The van der Waals surface area contributed by atoms with Gasteiger partial charge in [-0.25, -0.2) is 0 Å². The molecule has 1 atom stereocenters. The Kier molecular flexibility index (Phi) is 5.29. The molecule has 0 saturated carbocycles. The molecule has 3 nitrogen and oxygen atoms in total. The Morgan fingerprint density at radius 1 is 1.21 bits per heavy atom. The summed E-state index contributed by atoms with van der Waals surface area (Å²) in [5, 5.41) is 9.11. The van der Waals surface area contributed by atoms with E-state index in [1.807, 2.05) is 0 Å². The van der Waals surface area contributed by atoms with Gasteiger partial charge in [0, 0.05) is 0 Å². The summed E-state index contributed by atoms with van der Waals surface area (Å²) in [6.07, 6.45) is -0.696. The Morgan fingerprint density at radius 3 is 2.07 bits per heavy atom. The van der Waals surface area contributed by atoms with Crippen LogP contribution in [0, 0.1) is 0 Å². The summed E-state index contributed by atoms with van der Waals surface area (Å²) in [5.41, 5.74) is 0. The molecule has 0 spiro atoms. The van der Waals surface area contributed by atoms with Gasteiger partial charge in [-0.05, 0) is 25.1 Å². The molecule has 0 aliphatic carbocycles. The predicted octanol–water partition coefficient (Wildman–Crippen LogP) is 2.36. The van der Waals surface area contributed by atoms with Gasteiger partial charge in [-0.1, -0.05) is 20.8 Å². The Labute approximate surface area is 88.5 Å². The molecule has 0 bridgehead atoms.